The Morgan fingerprint density at radius 1 is 1.33 bits per heavy atom. The van der Waals surface area contributed by atoms with Crippen LogP contribution in [0.5, 0.6) is 0 Å². The SMILES string of the molecule is OC1(C(F)(F)F)CC2C=CC1C2. The summed E-state index contributed by atoms with van der Waals surface area (Å²) in [6, 6.07) is 0. The maximum Gasteiger partial charge on any atom is 0.417 e. The zero-order valence-electron chi connectivity index (χ0n) is 6.30. The molecule has 68 valence electrons. The van der Waals surface area contributed by atoms with Crippen LogP contribution in [0.2, 0.25) is 0 Å². The quantitative estimate of drug-likeness (QED) is 0.561. The van der Waals surface area contributed by atoms with E-state index in [0.717, 1.165) is 0 Å². The number of hydrogen-bond donors (Lipinski definition) is 1. The zero-order chi connectivity index (χ0) is 8.98. The molecule has 0 radical (unpaired) electrons. The maximum atomic E-state index is 12.3. The van der Waals surface area contributed by atoms with Crippen LogP contribution in [0.4, 0.5) is 13.2 Å². The van der Waals surface area contributed by atoms with Crippen LogP contribution in [0.3, 0.4) is 0 Å². The molecule has 3 unspecified atom stereocenters. The van der Waals surface area contributed by atoms with Crippen molar-refractivity contribution >= 4 is 0 Å². The Hall–Kier alpha value is -0.510. The molecule has 2 aliphatic carbocycles. The van der Waals surface area contributed by atoms with Gasteiger partial charge < -0.3 is 5.11 Å². The third kappa shape index (κ3) is 0.843. The summed E-state index contributed by atoms with van der Waals surface area (Å²) in [5.74, 6) is -0.774. The molecule has 0 aliphatic heterocycles. The maximum absolute atomic E-state index is 12.3. The fourth-order valence-corrected chi connectivity index (χ4v) is 2.16. The van der Waals surface area contributed by atoms with E-state index in [9.17, 15) is 18.3 Å². The molecule has 0 aromatic rings. The van der Waals surface area contributed by atoms with E-state index in [1.807, 2.05) is 0 Å². The smallest absolute Gasteiger partial charge is 0.380 e. The van der Waals surface area contributed by atoms with Crippen LogP contribution in [0.1, 0.15) is 12.8 Å². The van der Waals surface area contributed by atoms with Crippen molar-refractivity contribution in [3.05, 3.63) is 12.2 Å². The number of allylic oxidation sites excluding steroid dienone is 1. The summed E-state index contributed by atoms with van der Waals surface area (Å²) in [4.78, 5) is 0. The first-order valence-corrected chi connectivity index (χ1v) is 3.91. The standard InChI is InChI=1S/C8H9F3O/c9-8(10,11)7(12)4-5-1-2-6(7)3-5/h1-2,5-6,12H,3-4H2. The molecule has 2 aliphatic rings. The molecule has 0 amide bonds. The molecule has 2 bridgehead atoms. The first-order chi connectivity index (χ1) is 5.43. The van der Waals surface area contributed by atoms with Crippen molar-refractivity contribution in [3.63, 3.8) is 0 Å². The van der Waals surface area contributed by atoms with E-state index in [2.05, 4.69) is 0 Å². The lowest BCUT2D eigenvalue weighted by Gasteiger charge is -2.31. The van der Waals surface area contributed by atoms with Gasteiger partial charge in [-0.25, -0.2) is 0 Å². The molecule has 0 aromatic carbocycles. The lowest BCUT2D eigenvalue weighted by Crippen LogP contribution is -2.48. The highest BCUT2D eigenvalue weighted by atomic mass is 19.4. The number of halogens is 3. The number of fused-ring (bicyclic) bond motifs is 2. The van der Waals surface area contributed by atoms with E-state index < -0.39 is 17.7 Å². The van der Waals surface area contributed by atoms with Gasteiger partial charge in [-0.3, -0.25) is 0 Å². The minimum atomic E-state index is -4.48. The molecule has 1 nitrogen and oxygen atoms in total. The fraction of sp³-hybridized carbons (Fsp3) is 0.750. The average Bonchev–Trinajstić information content (AvgIpc) is 2.43. The van der Waals surface area contributed by atoms with Crippen LogP contribution in [0, 0.1) is 11.8 Å². The highest BCUT2D eigenvalue weighted by molar-refractivity contribution is 5.18. The summed E-state index contributed by atoms with van der Waals surface area (Å²) >= 11 is 0. The van der Waals surface area contributed by atoms with Crippen LogP contribution in [0.15, 0.2) is 12.2 Å². The Morgan fingerprint density at radius 3 is 2.25 bits per heavy atom. The summed E-state index contributed by atoms with van der Waals surface area (Å²) in [6.45, 7) is 0. The molecule has 0 spiro atoms. The second-order valence-electron chi connectivity index (χ2n) is 3.61. The van der Waals surface area contributed by atoms with Crippen LogP contribution < -0.4 is 0 Å². The summed E-state index contributed by atoms with van der Waals surface area (Å²) < 4.78 is 37.0. The van der Waals surface area contributed by atoms with E-state index in [0.29, 0.717) is 6.42 Å². The predicted molar refractivity (Wildman–Crippen MR) is 36.4 cm³/mol. The minimum absolute atomic E-state index is 0.0679. The number of alkyl halides is 3. The van der Waals surface area contributed by atoms with Crippen molar-refractivity contribution in [2.75, 3.05) is 0 Å². The van der Waals surface area contributed by atoms with Gasteiger partial charge >= 0.3 is 6.18 Å². The van der Waals surface area contributed by atoms with Crippen LogP contribution >= 0.6 is 0 Å². The monoisotopic (exact) mass is 178 g/mol. The van der Waals surface area contributed by atoms with Gasteiger partial charge in [0, 0.05) is 5.92 Å². The summed E-state index contributed by atoms with van der Waals surface area (Å²) in [7, 11) is 0. The molecular weight excluding hydrogens is 169 g/mol. The second kappa shape index (κ2) is 2.05. The number of hydrogen-bond acceptors (Lipinski definition) is 1. The Balaban J connectivity index is 2.30. The molecule has 1 fully saturated rings. The molecule has 1 N–H and O–H groups in total. The van der Waals surface area contributed by atoms with Crippen molar-refractivity contribution in [2.45, 2.75) is 24.6 Å². The van der Waals surface area contributed by atoms with Gasteiger partial charge in [-0.1, -0.05) is 12.2 Å². The van der Waals surface area contributed by atoms with Crippen LogP contribution in [0.25, 0.3) is 0 Å². The van der Waals surface area contributed by atoms with Crippen LogP contribution in [-0.4, -0.2) is 16.9 Å². The van der Waals surface area contributed by atoms with Crippen molar-refractivity contribution in [3.8, 4) is 0 Å². The topological polar surface area (TPSA) is 20.2 Å². The molecule has 0 aromatic heterocycles. The van der Waals surface area contributed by atoms with E-state index in [1.165, 1.54) is 6.08 Å². The molecule has 3 atom stereocenters. The van der Waals surface area contributed by atoms with Crippen molar-refractivity contribution in [1.29, 1.82) is 0 Å². The zero-order valence-corrected chi connectivity index (χ0v) is 6.30. The Labute approximate surface area is 67.9 Å². The lowest BCUT2D eigenvalue weighted by atomic mass is 9.88. The van der Waals surface area contributed by atoms with Gasteiger partial charge in [0.05, 0.1) is 0 Å². The molecule has 4 heteroatoms. The molecule has 2 rings (SSSR count). The van der Waals surface area contributed by atoms with Gasteiger partial charge in [-0.05, 0) is 18.8 Å². The second-order valence-corrected chi connectivity index (χ2v) is 3.61. The van der Waals surface area contributed by atoms with Gasteiger partial charge in [-0.15, -0.1) is 0 Å². The van der Waals surface area contributed by atoms with Gasteiger partial charge in [-0.2, -0.15) is 13.2 Å². The molecule has 12 heavy (non-hydrogen) atoms. The third-order valence-electron chi connectivity index (χ3n) is 2.85. The molecular formula is C8H9F3O. The first kappa shape index (κ1) is 8.10. The minimum Gasteiger partial charge on any atom is -0.380 e. The lowest BCUT2D eigenvalue weighted by molar-refractivity contribution is -0.268. The fourth-order valence-electron chi connectivity index (χ4n) is 2.16. The van der Waals surface area contributed by atoms with Crippen molar-refractivity contribution in [1.82, 2.24) is 0 Å². The third-order valence-corrected chi connectivity index (χ3v) is 2.85. The van der Waals surface area contributed by atoms with Crippen molar-refractivity contribution < 1.29 is 18.3 Å². The highest BCUT2D eigenvalue weighted by Gasteiger charge is 2.63. The largest absolute Gasteiger partial charge is 0.417 e. The van der Waals surface area contributed by atoms with Gasteiger partial charge in [0.1, 0.15) is 0 Å². The van der Waals surface area contributed by atoms with E-state index >= 15 is 0 Å². The Bertz CT molecular complexity index is 233. The number of aliphatic hydroxyl groups is 1. The van der Waals surface area contributed by atoms with E-state index in [-0.39, 0.29) is 12.3 Å². The summed E-state index contributed by atoms with van der Waals surface area (Å²) in [5.41, 5.74) is -2.44. The molecule has 0 saturated heterocycles. The molecule has 1 saturated carbocycles. The molecule has 0 heterocycles. The van der Waals surface area contributed by atoms with Crippen LogP contribution in [-0.2, 0) is 0 Å². The van der Waals surface area contributed by atoms with Crippen molar-refractivity contribution in [2.24, 2.45) is 11.8 Å². The van der Waals surface area contributed by atoms with Gasteiger partial charge in [0.25, 0.3) is 0 Å². The summed E-state index contributed by atoms with van der Waals surface area (Å²) in [6.07, 6.45) is -0.919. The first-order valence-electron chi connectivity index (χ1n) is 3.91. The van der Waals surface area contributed by atoms with E-state index in [4.69, 9.17) is 0 Å². The van der Waals surface area contributed by atoms with Gasteiger partial charge in [0.2, 0.25) is 0 Å². The average molecular weight is 178 g/mol. The van der Waals surface area contributed by atoms with E-state index in [1.54, 1.807) is 6.08 Å². The van der Waals surface area contributed by atoms with Gasteiger partial charge in [0.15, 0.2) is 5.60 Å². The highest BCUT2D eigenvalue weighted by Crippen LogP contribution is 2.53. The Morgan fingerprint density at radius 2 is 2.00 bits per heavy atom. The normalized spacial score (nSPS) is 45.7. The number of rotatable bonds is 0. The summed E-state index contributed by atoms with van der Waals surface area (Å²) in [5, 5.41) is 9.34. The predicted octanol–water partition coefficient (Wildman–Crippen LogP) is 1.88. The Kier molecular flexibility index (Phi) is 1.38.